The predicted molar refractivity (Wildman–Crippen MR) is 58.5 cm³/mol. The Labute approximate surface area is 110 Å². The summed E-state index contributed by atoms with van der Waals surface area (Å²) in [7, 11) is 0. The van der Waals surface area contributed by atoms with Gasteiger partial charge in [0.25, 0.3) is 0 Å². The maximum Gasteiger partial charge on any atom is 0.573 e. The number of benzene rings is 1. The lowest BCUT2D eigenvalue weighted by atomic mass is 10.0. The van der Waals surface area contributed by atoms with Crippen LogP contribution in [0.15, 0.2) is 24.3 Å². The fraction of sp³-hybridized carbons (Fsp3) is 0.455. The van der Waals surface area contributed by atoms with E-state index in [-0.39, 0.29) is 5.56 Å². The first-order valence-electron chi connectivity index (χ1n) is 5.50. The number of ether oxygens (including phenoxy) is 1. The minimum Gasteiger partial charge on any atom is -0.405 e. The molecule has 0 bridgehead atoms. The second-order valence-electron chi connectivity index (χ2n) is 3.96. The van der Waals surface area contributed by atoms with Crippen molar-refractivity contribution in [3.05, 3.63) is 29.8 Å². The van der Waals surface area contributed by atoms with Crippen molar-refractivity contribution in [3.8, 4) is 5.75 Å². The van der Waals surface area contributed by atoms with Crippen molar-refractivity contribution in [2.45, 2.75) is 31.4 Å². The van der Waals surface area contributed by atoms with E-state index in [1.165, 1.54) is 18.2 Å². The fourth-order valence-electron chi connectivity index (χ4n) is 1.62. The molecule has 0 spiro atoms. The monoisotopic (exact) mass is 302 g/mol. The highest BCUT2D eigenvalue weighted by Gasteiger charge is 2.34. The summed E-state index contributed by atoms with van der Waals surface area (Å²) in [6.07, 6.45) is -11.0. The Morgan fingerprint density at radius 3 is 2.20 bits per heavy atom. The van der Waals surface area contributed by atoms with Crippen LogP contribution in [0.1, 0.15) is 24.4 Å². The maximum atomic E-state index is 12.2. The highest BCUT2D eigenvalue weighted by atomic mass is 19.4. The molecule has 1 aromatic carbocycles. The van der Waals surface area contributed by atoms with Crippen LogP contribution in [0.25, 0.3) is 0 Å². The van der Waals surface area contributed by atoms with Gasteiger partial charge < -0.3 is 4.74 Å². The Balaban J connectivity index is 2.92. The Morgan fingerprint density at radius 2 is 1.70 bits per heavy atom. The first-order valence-corrected chi connectivity index (χ1v) is 5.50. The summed E-state index contributed by atoms with van der Waals surface area (Å²) in [5, 5.41) is 0. The molecule has 1 rings (SSSR count). The van der Waals surface area contributed by atoms with Crippen LogP contribution in [-0.4, -0.2) is 12.5 Å². The molecule has 0 aromatic heterocycles. The normalized spacial score (nSPS) is 14.2. The van der Waals surface area contributed by atoms with Crippen molar-refractivity contribution >= 4 is 0 Å². The highest BCUT2D eigenvalue weighted by Crippen LogP contribution is 2.34. The van der Waals surface area contributed by atoms with E-state index < -0.39 is 37.2 Å². The van der Waals surface area contributed by atoms with E-state index in [2.05, 4.69) is 10.2 Å². The standard InChI is InChI=1S/C11H12F6N2O/c12-10(13,14)6-5-8(19-18)7-3-1-2-4-9(7)20-11(15,16)17/h1-4,8,19H,5-6,18H2. The van der Waals surface area contributed by atoms with Crippen LogP contribution >= 0.6 is 0 Å². The molecule has 0 amide bonds. The van der Waals surface area contributed by atoms with Gasteiger partial charge in [0.15, 0.2) is 0 Å². The molecular formula is C11H12F6N2O. The summed E-state index contributed by atoms with van der Waals surface area (Å²) in [6.45, 7) is 0. The molecule has 0 fully saturated rings. The van der Waals surface area contributed by atoms with Crippen LogP contribution in [0.5, 0.6) is 5.75 Å². The second kappa shape index (κ2) is 6.31. The van der Waals surface area contributed by atoms with E-state index in [0.717, 1.165) is 6.07 Å². The van der Waals surface area contributed by atoms with Crippen molar-refractivity contribution in [2.24, 2.45) is 5.84 Å². The topological polar surface area (TPSA) is 47.3 Å². The van der Waals surface area contributed by atoms with E-state index >= 15 is 0 Å². The van der Waals surface area contributed by atoms with Crippen LogP contribution in [0.4, 0.5) is 26.3 Å². The number of nitrogens with two attached hydrogens (primary N) is 1. The molecular weight excluding hydrogens is 290 g/mol. The summed E-state index contributed by atoms with van der Waals surface area (Å²) in [4.78, 5) is 0. The maximum absolute atomic E-state index is 12.2. The summed E-state index contributed by atoms with van der Waals surface area (Å²) >= 11 is 0. The molecule has 0 saturated heterocycles. The number of para-hydroxylation sites is 1. The number of rotatable bonds is 5. The molecule has 3 N–H and O–H groups in total. The quantitative estimate of drug-likeness (QED) is 0.497. The van der Waals surface area contributed by atoms with Crippen LogP contribution in [0, 0.1) is 0 Å². The summed E-state index contributed by atoms with van der Waals surface area (Å²) in [5.41, 5.74) is 1.98. The van der Waals surface area contributed by atoms with Crippen molar-refractivity contribution in [1.82, 2.24) is 5.43 Å². The number of alkyl halides is 6. The summed E-state index contributed by atoms with van der Waals surface area (Å²) in [5.74, 6) is 4.53. The average molecular weight is 302 g/mol. The molecule has 0 aliphatic rings. The Kier molecular flexibility index (Phi) is 5.23. The number of halogens is 6. The van der Waals surface area contributed by atoms with E-state index in [1.807, 2.05) is 0 Å². The Hall–Kier alpha value is -1.48. The third-order valence-electron chi connectivity index (χ3n) is 2.44. The molecule has 1 aromatic rings. The lowest BCUT2D eigenvalue weighted by molar-refractivity contribution is -0.275. The number of hydrazine groups is 1. The first kappa shape index (κ1) is 16.6. The Bertz CT molecular complexity index is 432. The lowest BCUT2D eigenvalue weighted by Gasteiger charge is -2.21. The second-order valence-corrected chi connectivity index (χ2v) is 3.96. The molecule has 0 saturated carbocycles. The highest BCUT2D eigenvalue weighted by molar-refractivity contribution is 5.36. The van der Waals surface area contributed by atoms with Gasteiger partial charge in [-0.05, 0) is 12.5 Å². The minimum atomic E-state index is -4.93. The molecule has 1 atom stereocenters. The molecule has 114 valence electrons. The van der Waals surface area contributed by atoms with Crippen LogP contribution in [0.3, 0.4) is 0 Å². The van der Waals surface area contributed by atoms with E-state index in [9.17, 15) is 26.3 Å². The van der Waals surface area contributed by atoms with Gasteiger partial charge in [0.2, 0.25) is 0 Å². The first-order chi connectivity index (χ1) is 9.12. The lowest BCUT2D eigenvalue weighted by Crippen LogP contribution is -2.30. The zero-order chi connectivity index (χ0) is 15.4. The van der Waals surface area contributed by atoms with Crippen LogP contribution in [-0.2, 0) is 0 Å². The smallest absolute Gasteiger partial charge is 0.405 e. The predicted octanol–water partition coefficient (Wildman–Crippen LogP) is 3.43. The SMILES string of the molecule is NNC(CCC(F)(F)F)c1ccccc1OC(F)(F)F. The van der Waals surface area contributed by atoms with Crippen LogP contribution < -0.4 is 16.0 Å². The molecule has 0 aliphatic carbocycles. The van der Waals surface area contributed by atoms with Gasteiger partial charge in [-0.2, -0.15) is 13.2 Å². The Morgan fingerprint density at radius 1 is 1.10 bits per heavy atom. The molecule has 20 heavy (non-hydrogen) atoms. The number of hydrogen-bond donors (Lipinski definition) is 2. The van der Waals surface area contributed by atoms with Gasteiger partial charge in [-0.15, -0.1) is 13.2 Å². The van der Waals surface area contributed by atoms with Gasteiger partial charge in [0.1, 0.15) is 5.75 Å². The summed E-state index contributed by atoms with van der Waals surface area (Å²) < 4.78 is 76.9. The van der Waals surface area contributed by atoms with Gasteiger partial charge in [0, 0.05) is 18.0 Å². The number of nitrogens with one attached hydrogen (secondary N) is 1. The van der Waals surface area contributed by atoms with E-state index in [1.54, 1.807) is 0 Å². The third-order valence-corrected chi connectivity index (χ3v) is 2.44. The van der Waals surface area contributed by atoms with Gasteiger partial charge in [-0.3, -0.25) is 11.3 Å². The van der Waals surface area contributed by atoms with Crippen molar-refractivity contribution in [1.29, 1.82) is 0 Å². The minimum absolute atomic E-state index is 0.0865. The fourth-order valence-corrected chi connectivity index (χ4v) is 1.62. The molecule has 0 radical (unpaired) electrons. The molecule has 0 heterocycles. The third kappa shape index (κ3) is 5.66. The molecule has 0 aliphatic heterocycles. The van der Waals surface area contributed by atoms with Gasteiger partial charge >= 0.3 is 12.5 Å². The van der Waals surface area contributed by atoms with Gasteiger partial charge in [0.05, 0.1) is 0 Å². The molecule has 9 heteroatoms. The number of hydrogen-bond acceptors (Lipinski definition) is 3. The van der Waals surface area contributed by atoms with E-state index in [4.69, 9.17) is 5.84 Å². The van der Waals surface area contributed by atoms with Gasteiger partial charge in [-0.25, -0.2) is 0 Å². The zero-order valence-corrected chi connectivity index (χ0v) is 10.1. The van der Waals surface area contributed by atoms with Crippen molar-refractivity contribution < 1.29 is 31.1 Å². The van der Waals surface area contributed by atoms with E-state index in [0.29, 0.717) is 0 Å². The average Bonchev–Trinajstić information content (AvgIpc) is 2.28. The van der Waals surface area contributed by atoms with Crippen LogP contribution in [0.2, 0.25) is 0 Å². The summed E-state index contributed by atoms with van der Waals surface area (Å²) in [6, 6.07) is 3.80. The van der Waals surface area contributed by atoms with Gasteiger partial charge in [-0.1, -0.05) is 18.2 Å². The van der Waals surface area contributed by atoms with Crippen molar-refractivity contribution in [2.75, 3.05) is 0 Å². The zero-order valence-electron chi connectivity index (χ0n) is 10.1. The molecule has 3 nitrogen and oxygen atoms in total. The van der Waals surface area contributed by atoms with Crippen molar-refractivity contribution in [3.63, 3.8) is 0 Å². The largest absolute Gasteiger partial charge is 0.573 e. The molecule has 1 unspecified atom stereocenters.